The van der Waals surface area contributed by atoms with E-state index in [0.717, 1.165) is 31.6 Å². The second-order valence-corrected chi connectivity index (χ2v) is 4.87. The molecule has 5 heteroatoms. The Morgan fingerprint density at radius 2 is 2.38 bits per heavy atom. The van der Waals surface area contributed by atoms with Gasteiger partial charge in [0.1, 0.15) is 0 Å². The maximum atomic E-state index is 5.70. The highest BCUT2D eigenvalue weighted by Gasteiger charge is 2.24. The molecule has 90 valence electrons. The summed E-state index contributed by atoms with van der Waals surface area (Å²) in [5, 5.41) is 5.13. The Morgan fingerprint density at radius 3 is 3.06 bits per heavy atom. The van der Waals surface area contributed by atoms with E-state index in [-0.39, 0.29) is 0 Å². The number of alkyl halides is 1. The monoisotopic (exact) mass is 287 g/mol. The summed E-state index contributed by atoms with van der Waals surface area (Å²) < 4.78 is 7.67. The molecule has 1 saturated heterocycles. The number of morpholine rings is 1. The van der Waals surface area contributed by atoms with Crippen molar-refractivity contribution in [3.63, 3.8) is 0 Å². The molecule has 0 aliphatic carbocycles. The van der Waals surface area contributed by atoms with Gasteiger partial charge in [-0.15, -0.1) is 0 Å². The lowest BCUT2D eigenvalue weighted by atomic mass is 10.2. The molecule has 1 aliphatic rings. The molecule has 0 bridgehead atoms. The summed E-state index contributed by atoms with van der Waals surface area (Å²) in [7, 11) is 0. The third-order valence-corrected chi connectivity index (χ3v) is 3.70. The normalized spacial score (nSPS) is 27.1. The minimum atomic E-state index is 0.328. The zero-order chi connectivity index (χ0) is 11.4. The molecule has 0 radical (unpaired) electrons. The molecular weight excluding hydrogens is 270 g/mol. The van der Waals surface area contributed by atoms with Gasteiger partial charge in [0.15, 0.2) is 0 Å². The van der Waals surface area contributed by atoms with Crippen LogP contribution in [0.3, 0.4) is 0 Å². The van der Waals surface area contributed by atoms with Crippen LogP contribution in [-0.4, -0.2) is 51.9 Å². The molecule has 1 aliphatic heterocycles. The molecule has 2 heterocycles. The first-order valence-electron chi connectivity index (χ1n) is 5.68. The number of rotatable bonds is 4. The molecule has 2 atom stereocenters. The number of hydrogen-bond acceptors (Lipinski definition) is 3. The summed E-state index contributed by atoms with van der Waals surface area (Å²) in [6.07, 6.45) is 4.16. The second kappa shape index (κ2) is 5.80. The molecule has 0 N–H and O–H groups in total. The predicted molar refractivity (Wildman–Crippen MR) is 66.8 cm³/mol. The van der Waals surface area contributed by atoms with Gasteiger partial charge in [0.2, 0.25) is 0 Å². The fourth-order valence-electron chi connectivity index (χ4n) is 1.94. The van der Waals surface area contributed by atoms with E-state index in [4.69, 9.17) is 4.74 Å². The lowest BCUT2D eigenvalue weighted by molar-refractivity contribution is -0.0477. The molecular formula is C11H18BrN3O. The smallest absolute Gasteiger partial charge is 0.0799 e. The topological polar surface area (TPSA) is 30.3 Å². The van der Waals surface area contributed by atoms with Gasteiger partial charge in [0.25, 0.3) is 0 Å². The van der Waals surface area contributed by atoms with Gasteiger partial charge < -0.3 is 4.74 Å². The molecule has 4 nitrogen and oxygen atoms in total. The molecule has 0 spiro atoms. The fourth-order valence-corrected chi connectivity index (χ4v) is 2.34. The lowest BCUT2D eigenvalue weighted by Crippen LogP contribution is -2.49. The van der Waals surface area contributed by atoms with E-state index in [9.17, 15) is 0 Å². The Kier molecular flexibility index (Phi) is 4.37. The van der Waals surface area contributed by atoms with Gasteiger partial charge in [-0.05, 0) is 13.0 Å². The van der Waals surface area contributed by atoms with Crippen LogP contribution >= 0.6 is 15.9 Å². The summed E-state index contributed by atoms with van der Waals surface area (Å²) in [5.74, 6) is 0. The molecule has 16 heavy (non-hydrogen) atoms. The molecule has 0 amide bonds. The van der Waals surface area contributed by atoms with Gasteiger partial charge in [0.05, 0.1) is 19.3 Å². The molecule has 2 unspecified atom stereocenters. The van der Waals surface area contributed by atoms with Crippen molar-refractivity contribution in [3.8, 4) is 0 Å². The van der Waals surface area contributed by atoms with Crippen LogP contribution < -0.4 is 0 Å². The zero-order valence-electron chi connectivity index (χ0n) is 9.55. The maximum Gasteiger partial charge on any atom is 0.0799 e. The van der Waals surface area contributed by atoms with Crippen LogP contribution in [0.1, 0.15) is 6.92 Å². The summed E-state index contributed by atoms with van der Waals surface area (Å²) in [4.78, 5) is 2.47. The Balaban J connectivity index is 1.82. The summed E-state index contributed by atoms with van der Waals surface area (Å²) >= 11 is 3.48. The average molecular weight is 288 g/mol. The van der Waals surface area contributed by atoms with Gasteiger partial charge in [-0.3, -0.25) is 9.58 Å². The van der Waals surface area contributed by atoms with Crippen LogP contribution in [-0.2, 0) is 11.3 Å². The highest BCUT2D eigenvalue weighted by Crippen LogP contribution is 2.13. The number of aromatic nitrogens is 2. The van der Waals surface area contributed by atoms with Crippen LogP contribution in [0.25, 0.3) is 0 Å². The zero-order valence-corrected chi connectivity index (χ0v) is 11.1. The molecule has 1 fully saturated rings. The largest absolute Gasteiger partial charge is 0.374 e. The minimum absolute atomic E-state index is 0.328. The summed E-state index contributed by atoms with van der Waals surface area (Å²) in [5.41, 5.74) is 0. The van der Waals surface area contributed by atoms with Gasteiger partial charge in [-0.1, -0.05) is 15.9 Å². The standard InChI is InChI=1S/C11H18BrN3O/c1-10-9-16-11(7-12)8-14(10)5-6-15-4-2-3-13-15/h2-4,10-11H,5-9H2,1H3. The Labute approximate surface area is 105 Å². The van der Waals surface area contributed by atoms with Crippen LogP contribution in [0, 0.1) is 0 Å². The van der Waals surface area contributed by atoms with Gasteiger partial charge in [0, 0.05) is 36.9 Å². The Morgan fingerprint density at radius 1 is 1.50 bits per heavy atom. The van der Waals surface area contributed by atoms with Crippen molar-refractivity contribution in [2.75, 3.05) is 25.0 Å². The van der Waals surface area contributed by atoms with E-state index in [2.05, 4.69) is 32.9 Å². The average Bonchev–Trinajstić information content (AvgIpc) is 2.81. The van der Waals surface area contributed by atoms with E-state index < -0.39 is 0 Å². The fraction of sp³-hybridized carbons (Fsp3) is 0.727. The first-order valence-corrected chi connectivity index (χ1v) is 6.81. The molecule has 1 aromatic rings. The van der Waals surface area contributed by atoms with E-state index in [1.54, 1.807) is 0 Å². The highest BCUT2D eigenvalue weighted by atomic mass is 79.9. The Bertz CT molecular complexity index is 304. The van der Waals surface area contributed by atoms with Crippen molar-refractivity contribution in [2.45, 2.75) is 25.6 Å². The van der Waals surface area contributed by atoms with Crippen LogP contribution in [0.5, 0.6) is 0 Å². The second-order valence-electron chi connectivity index (χ2n) is 4.22. The summed E-state index contributed by atoms with van der Waals surface area (Å²) in [6.45, 7) is 6.04. The van der Waals surface area contributed by atoms with Crippen molar-refractivity contribution in [3.05, 3.63) is 18.5 Å². The Hall–Kier alpha value is -0.390. The molecule has 0 saturated carbocycles. The van der Waals surface area contributed by atoms with E-state index in [0.29, 0.717) is 12.1 Å². The van der Waals surface area contributed by atoms with E-state index in [1.807, 2.05) is 23.1 Å². The third kappa shape index (κ3) is 3.06. The van der Waals surface area contributed by atoms with Gasteiger partial charge >= 0.3 is 0 Å². The molecule has 0 aromatic carbocycles. The number of nitrogens with zero attached hydrogens (tertiary/aromatic N) is 3. The predicted octanol–water partition coefficient (Wildman–Crippen LogP) is 1.37. The third-order valence-electron chi connectivity index (χ3n) is 2.98. The van der Waals surface area contributed by atoms with E-state index in [1.165, 1.54) is 0 Å². The van der Waals surface area contributed by atoms with Crippen LogP contribution in [0.15, 0.2) is 18.5 Å². The van der Waals surface area contributed by atoms with Crippen LogP contribution in [0.2, 0.25) is 0 Å². The molecule has 1 aromatic heterocycles. The number of hydrogen-bond donors (Lipinski definition) is 0. The number of halogens is 1. The van der Waals surface area contributed by atoms with Crippen molar-refractivity contribution in [1.82, 2.24) is 14.7 Å². The van der Waals surface area contributed by atoms with Crippen molar-refractivity contribution < 1.29 is 4.74 Å². The summed E-state index contributed by atoms with van der Waals surface area (Å²) in [6, 6.07) is 2.47. The van der Waals surface area contributed by atoms with Crippen molar-refractivity contribution in [2.24, 2.45) is 0 Å². The molecule has 2 rings (SSSR count). The van der Waals surface area contributed by atoms with Crippen LogP contribution in [0.4, 0.5) is 0 Å². The van der Waals surface area contributed by atoms with Crippen molar-refractivity contribution in [1.29, 1.82) is 0 Å². The first-order chi connectivity index (χ1) is 7.79. The lowest BCUT2D eigenvalue weighted by Gasteiger charge is -2.37. The van der Waals surface area contributed by atoms with Gasteiger partial charge in [-0.2, -0.15) is 5.10 Å². The first kappa shape index (κ1) is 12.1. The SMILES string of the molecule is CC1COC(CBr)CN1CCn1cccn1. The van der Waals surface area contributed by atoms with Crippen molar-refractivity contribution >= 4 is 15.9 Å². The quantitative estimate of drug-likeness (QED) is 0.784. The highest BCUT2D eigenvalue weighted by molar-refractivity contribution is 9.09. The number of ether oxygens (including phenoxy) is 1. The van der Waals surface area contributed by atoms with Gasteiger partial charge in [-0.25, -0.2) is 0 Å². The van der Waals surface area contributed by atoms with E-state index >= 15 is 0 Å². The maximum absolute atomic E-state index is 5.70. The minimum Gasteiger partial charge on any atom is -0.374 e.